The predicted molar refractivity (Wildman–Crippen MR) is 61.6 cm³/mol. The smallest absolute Gasteiger partial charge is 0.0811 e. The van der Waals surface area contributed by atoms with Crippen molar-refractivity contribution in [3.05, 3.63) is 66.5 Å². The molecule has 0 nitrogen and oxygen atoms in total. The molecule has 0 unspecified atom stereocenters. The van der Waals surface area contributed by atoms with Crippen molar-refractivity contribution in [3.63, 3.8) is 0 Å². The maximum Gasteiger partial charge on any atom is 0.0811 e. The lowest BCUT2D eigenvalue weighted by molar-refractivity contribution is 1.48. The third-order valence-electron chi connectivity index (χ3n) is 1.60. The van der Waals surface area contributed by atoms with Crippen molar-refractivity contribution in [2.75, 3.05) is 5.75 Å². The highest BCUT2D eigenvalue weighted by Gasteiger charge is 2.06. The molecule has 0 aromatic heterocycles. The Bertz CT molecular complexity index is 264. The van der Waals surface area contributed by atoms with E-state index >= 15 is 0 Å². The Balaban J connectivity index is 2.66. The van der Waals surface area contributed by atoms with Crippen LogP contribution in [0.5, 0.6) is 0 Å². The van der Waals surface area contributed by atoms with Crippen molar-refractivity contribution >= 4 is 11.8 Å². The second-order valence-corrected chi connectivity index (χ2v) is 3.60. The van der Waals surface area contributed by atoms with Crippen LogP contribution in [-0.2, 0) is 0 Å². The Morgan fingerprint density at radius 1 is 1.23 bits per heavy atom. The summed E-state index contributed by atoms with van der Waals surface area (Å²) in [7, 11) is 0. The summed E-state index contributed by atoms with van der Waals surface area (Å²) in [5, 5.41) is 1.21. The van der Waals surface area contributed by atoms with Crippen molar-refractivity contribution in [2.45, 2.75) is 0 Å². The highest BCUT2D eigenvalue weighted by Crippen LogP contribution is 2.28. The maximum atomic E-state index is 3.80. The lowest BCUT2D eigenvalue weighted by Gasteiger charge is -2.09. The van der Waals surface area contributed by atoms with E-state index < -0.39 is 0 Å². The average molecular weight is 189 g/mol. The molecule has 1 aromatic rings. The van der Waals surface area contributed by atoms with Crippen LogP contribution in [0.3, 0.4) is 0 Å². The molecule has 0 bridgehead atoms. The zero-order chi connectivity index (χ0) is 9.52. The molecule has 1 radical (unpaired) electrons. The summed E-state index contributed by atoms with van der Waals surface area (Å²) in [4.78, 5) is 0. The molecule has 1 aromatic carbocycles. The van der Waals surface area contributed by atoms with Crippen LogP contribution in [0.15, 0.2) is 55.6 Å². The van der Waals surface area contributed by atoms with Gasteiger partial charge in [-0.3, -0.25) is 0 Å². The SMILES string of the molecule is C=CCS[C](C=C)c1ccccc1. The molecule has 1 rings (SSSR count). The van der Waals surface area contributed by atoms with Gasteiger partial charge in [0.05, 0.1) is 5.25 Å². The van der Waals surface area contributed by atoms with E-state index in [2.05, 4.69) is 25.3 Å². The van der Waals surface area contributed by atoms with Crippen LogP contribution in [-0.4, -0.2) is 5.75 Å². The summed E-state index contributed by atoms with van der Waals surface area (Å²) in [6, 6.07) is 10.3. The number of benzene rings is 1. The second kappa shape index (κ2) is 5.65. The van der Waals surface area contributed by atoms with E-state index in [0.29, 0.717) is 0 Å². The van der Waals surface area contributed by atoms with Crippen molar-refractivity contribution in [1.29, 1.82) is 0 Å². The molecule has 0 heterocycles. The van der Waals surface area contributed by atoms with Gasteiger partial charge in [0.15, 0.2) is 0 Å². The minimum Gasteiger partial charge on any atom is -0.140 e. The van der Waals surface area contributed by atoms with E-state index in [-0.39, 0.29) is 0 Å². The fraction of sp³-hybridized carbons (Fsp3) is 0.0833. The first-order valence-corrected chi connectivity index (χ1v) is 5.15. The van der Waals surface area contributed by atoms with Gasteiger partial charge in [0.25, 0.3) is 0 Å². The molecule has 0 spiro atoms. The Hall–Kier alpha value is -0.950. The number of hydrogen-bond donors (Lipinski definition) is 0. The van der Waals surface area contributed by atoms with E-state index in [1.807, 2.05) is 30.4 Å². The zero-order valence-corrected chi connectivity index (χ0v) is 8.39. The molecule has 0 aliphatic carbocycles. The molecule has 0 saturated heterocycles. The molecule has 0 aliphatic heterocycles. The van der Waals surface area contributed by atoms with E-state index in [1.165, 1.54) is 10.8 Å². The van der Waals surface area contributed by atoms with Gasteiger partial charge < -0.3 is 0 Å². The quantitative estimate of drug-likeness (QED) is 0.637. The normalized spacial score (nSPS) is 9.92. The highest BCUT2D eigenvalue weighted by atomic mass is 32.2. The van der Waals surface area contributed by atoms with Crippen LogP contribution in [0.2, 0.25) is 0 Å². The summed E-state index contributed by atoms with van der Waals surface area (Å²) in [6.07, 6.45) is 3.79. The first kappa shape index (κ1) is 10.1. The monoisotopic (exact) mass is 189 g/mol. The molecule has 0 aliphatic rings. The van der Waals surface area contributed by atoms with Gasteiger partial charge in [-0.2, -0.15) is 0 Å². The van der Waals surface area contributed by atoms with Crippen molar-refractivity contribution < 1.29 is 0 Å². The van der Waals surface area contributed by atoms with Crippen molar-refractivity contribution in [2.24, 2.45) is 0 Å². The van der Waals surface area contributed by atoms with Gasteiger partial charge in [-0.05, 0) is 5.56 Å². The van der Waals surface area contributed by atoms with Gasteiger partial charge >= 0.3 is 0 Å². The Kier molecular flexibility index (Phi) is 4.41. The van der Waals surface area contributed by atoms with Gasteiger partial charge in [-0.15, -0.1) is 24.9 Å². The molecular formula is C12H13S. The first-order valence-electron chi connectivity index (χ1n) is 4.17. The van der Waals surface area contributed by atoms with Gasteiger partial charge in [0, 0.05) is 5.75 Å². The largest absolute Gasteiger partial charge is 0.140 e. The number of thioether (sulfide) groups is 1. The van der Waals surface area contributed by atoms with Gasteiger partial charge in [0.1, 0.15) is 0 Å². The van der Waals surface area contributed by atoms with Crippen LogP contribution >= 0.6 is 11.8 Å². The van der Waals surface area contributed by atoms with Crippen molar-refractivity contribution in [3.8, 4) is 0 Å². The van der Waals surface area contributed by atoms with Crippen molar-refractivity contribution in [1.82, 2.24) is 0 Å². The number of hydrogen-bond acceptors (Lipinski definition) is 1. The van der Waals surface area contributed by atoms with Crippen LogP contribution in [0.1, 0.15) is 5.56 Å². The third kappa shape index (κ3) is 3.11. The fourth-order valence-electron chi connectivity index (χ4n) is 1.01. The molecule has 0 N–H and O–H groups in total. The summed E-state index contributed by atoms with van der Waals surface area (Å²) in [5.74, 6) is 0.927. The van der Waals surface area contributed by atoms with Gasteiger partial charge in [0.2, 0.25) is 0 Å². The Morgan fingerprint density at radius 2 is 1.92 bits per heavy atom. The van der Waals surface area contributed by atoms with Gasteiger partial charge in [-0.25, -0.2) is 0 Å². The van der Waals surface area contributed by atoms with E-state index in [9.17, 15) is 0 Å². The average Bonchev–Trinajstić information content (AvgIpc) is 2.21. The highest BCUT2D eigenvalue weighted by molar-refractivity contribution is 8.02. The topological polar surface area (TPSA) is 0 Å². The fourth-order valence-corrected chi connectivity index (χ4v) is 1.73. The summed E-state index contributed by atoms with van der Waals surface area (Å²) in [5.41, 5.74) is 1.23. The maximum absolute atomic E-state index is 3.80. The third-order valence-corrected chi connectivity index (χ3v) is 2.72. The van der Waals surface area contributed by atoms with E-state index in [1.54, 1.807) is 11.8 Å². The van der Waals surface area contributed by atoms with Gasteiger partial charge in [-0.1, -0.05) is 42.5 Å². The van der Waals surface area contributed by atoms with E-state index in [0.717, 1.165) is 5.75 Å². The molecule has 0 saturated carbocycles. The summed E-state index contributed by atoms with van der Waals surface area (Å²) >= 11 is 1.76. The standard InChI is InChI=1S/C12H13S/c1-3-10-13-12(4-2)11-8-6-5-7-9-11/h3-9H,1-2,10H2. The minimum atomic E-state index is 0.927. The number of rotatable bonds is 5. The Labute approximate surface area is 84.4 Å². The molecule has 13 heavy (non-hydrogen) atoms. The zero-order valence-electron chi connectivity index (χ0n) is 7.57. The van der Waals surface area contributed by atoms with E-state index in [4.69, 9.17) is 0 Å². The minimum absolute atomic E-state index is 0.927. The van der Waals surface area contributed by atoms with Crippen LogP contribution in [0, 0.1) is 5.25 Å². The molecule has 0 fully saturated rings. The van der Waals surface area contributed by atoms with Crippen LogP contribution < -0.4 is 0 Å². The lowest BCUT2D eigenvalue weighted by Crippen LogP contribution is -1.90. The molecule has 0 amide bonds. The summed E-state index contributed by atoms with van der Waals surface area (Å²) < 4.78 is 0. The Morgan fingerprint density at radius 3 is 2.46 bits per heavy atom. The van der Waals surface area contributed by atoms with Crippen LogP contribution in [0.4, 0.5) is 0 Å². The molecular weight excluding hydrogens is 176 g/mol. The molecule has 0 atom stereocenters. The first-order chi connectivity index (χ1) is 6.38. The molecule has 1 heteroatoms. The predicted octanol–water partition coefficient (Wildman–Crippen LogP) is 3.67. The van der Waals surface area contributed by atoms with Crippen LogP contribution in [0.25, 0.3) is 0 Å². The molecule has 67 valence electrons. The lowest BCUT2D eigenvalue weighted by atomic mass is 10.1. The second-order valence-electron chi connectivity index (χ2n) is 2.53. The summed E-state index contributed by atoms with van der Waals surface area (Å²) in [6.45, 7) is 7.49.